The summed E-state index contributed by atoms with van der Waals surface area (Å²) >= 11 is 0. The molecule has 0 unspecified atom stereocenters. The number of sulfonamides is 1. The number of rotatable bonds is 5. The Hall–Kier alpha value is -0.210. The van der Waals surface area contributed by atoms with Crippen LogP contribution in [0.15, 0.2) is 0 Å². The zero-order chi connectivity index (χ0) is 13.7. The van der Waals surface area contributed by atoms with Crippen LogP contribution in [0.2, 0.25) is 0 Å². The summed E-state index contributed by atoms with van der Waals surface area (Å²) in [6, 6.07) is 0.589. The normalized spacial score (nSPS) is 24.7. The molecule has 7 heteroatoms. The Morgan fingerprint density at radius 1 is 1.16 bits per heavy atom. The number of piperazine rings is 1. The van der Waals surface area contributed by atoms with E-state index in [0.717, 1.165) is 52.2 Å². The van der Waals surface area contributed by atoms with Crippen LogP contribution in [-0.4, -0.2) is 82.4 Å². The van der Waals surface area contributed by atoms with Crippen molar-refractivity contribution in [1.82, 2.24) is 14.5 Å². The zero-order valence-corrected chi connectivity index (χ0v) is 12.5. The van der Waals surface area contributed by atoms with Gasteiger partial charge >= 0.3 is 0 Å². The third-order valence-corrected chi connectivity index (χ3v) is 5.19. The lowest BCUT2D eigenvalue weighted by Gasteiger charge is -2.33. The molecule has 0 saturated carbocycles. The van der Waals surface area contributed by atoms with Gasteiger partial charge in [-0.25, -0.2) is 8.42 Å². The second-order valence-electron chi connectivity index (χ2n) is 5.34. The Balaban J connectivity index is 1.60. The molecule has 0 spiro atoms. The van der Waals surface area contributed by atoms with Crippen molar-refractivity contribution in [2.45, 2.75) is 18.9 Å². The van der Waals surface area contributed by atoms with Gasteiger partial charge in [0.25, 0.3) is 0 Å². The van der Waals surface area contributed by atoms with Crippen molar-refractivity contribution in [1.29, 1.82) is 0 Å². The molecule has 6 nitrogen and oxygen atoms in total. The number of ether oxygens (including phenoxy) is 1. The summed E-state index contributed by atoms with van der Waals surface area (Å²) < 4.78 is 29.7. The second kappa shape index (κ2) is 6.99. The van der Waals surface area contributed by atoms with Crippen LogP contribution in [0.5, 0.6) is 0 Å². The first-order valence-electron chi connectivity index (χ1n) is 7.04. The van der Waals surface area contributed by atoms with Gasteiger partial charge in [-0.1, -0.05) is 0 Å². The van der Waals surface area contributed by atoms with Gasteiger partial charge in [0.2, 0.25) is 10.0 Å². The maximum Gasteiger partial charge on any atom is 0.211 e. The van der Waals surface area contributed by atoms with Gasteiger partial charge in [0.1, 0.15) is 0 Å². The summed E-state index contributed by atoms with van der Waals surface area (Å²) in [6.45, 7) is 6.62. The summed E-state index contributed by atoms with van der Waals surface area (Å²) in [4.78, 5) is 2.33. The summed E-state index contributed by atoms with van der Waals surface area (Å²) in [7, 11) is -3.01. The molecule has 0 radical (unpaired) electrons. The number of hydrogen-bond acceptors (Lipinski definition) is 5. The van der Waals surface area contributed by atoms with Crippen LogP contribution in [-0.2, 0) is 14.8 Å². The Morgan fingerprint density at radius 2 is 1.79 bits per heavy atom. The van der Waals surface area contributed by atoms with Gasteiger partial charge in [-0.2, -0.15) is 4.31 Å². The fourth-order valence-electron chi connectivity index (χ4n) is 2.61. The molecule has 0 aromatic carbocycles. The fourth-order valence-corrected chi connectivity index (χ4v) is 3.44. The van der Waals surface area contributed by atoms with Gasteiger partial charge in [0, 0.05) is 58.5 Å². The van der Waals surface area contributed by atoms with Crippen LogP contribution in [0.25, 0.3) is 0 Å². The van der Waals surface area contributed by atoms with Crippen molar-refractivity contribution in [2.75, 3.05) is 58.7 Å². The van der Waals surface area contributed by atoms with Crippen molar-refractivity contribution in [3.63, 3.8) is 0 Å². The van der Waals surface area contributed by atoms with Crippen LogP contribution in [0.1, 0.15) is 12.8 Å². The van der Waals surface area contributed by atoms with Gasteiger partial charge in [0.15, 0.2) is 0 Å². The highest BCUT2D eigenvalue weighted by atomic mass is 32.2. The van der Waals surface area contributed by atoms with Gasteiger partial charge in [-0.15, -0.1) is 0 Å². The molecule has 2 heterocycles. The molecule has 0 amide bonds. The van der Waals surface area contributed by atoms with Crippen molar-refractivity contribution in [2.24, 2.45) is 0 Å². The number of nitrogens with zero attached hydrogens (tertiary/aromatic N) is 2. The quantitative estimate of drug-likeness (QED) is 0.728. The molecular formula is C12H25N3O3S. The molecule has 0 aromatic rings. The van der Waals surface area contributed by atoms with Crippen LogP contribution in [0.4, 0.5) is 0 Å². The van der Waals surface area contributed by atoms with Gasteiger partial charge in [-0.05, 0) is 12.8 Å². The summed E-state index contributed by atoms with van der Waals surface area (Å²) in [5.74, 6) is 0. The van der Waals surface area contributed by atoms with Crippen molar-refractivity contribution < 1.29 is 13.2 Å². The average Bonchev–Trinajstić information content (AvgIpc) is 2.39. The SMILES string of the molecule is CS(=O)(=O)N1CCN(CCNC2CCOCC2)CC1. The zero-order valence-electron chi connectivity index (χ0n) is 11.7. The van der Waals surface area contributed by atoms with Gasteiger partial charge < -0.3 is 10.1 Å². The van der Waals surface area contributed by atoms with Crippen molar-refractivity contribution in [3.8, 4) is 0 Å². The highest BCUT2D eigenvalue weighted by molar-refractivity contribution is 7.88. The molecule has 0 aromatic heterocycles. The fraction of sp³-hybridized carbons (Fsp3) is 1.00. The van der Waals surface area contributed by atoms with Crippen LogP contribution in [0.3, 0.4) is 0 Å². The average molecular weight is 291 g/mol. The third-order valence-electron chi connectivity index (χ3n) is 3.88. The highest BCUT2D eigenvalue weighted by Crippen LogP contribution is 2.07. The Morgan fingerprint density at radius 3 is 2.37 bits per heavy atom. The topological polar surface area (TPSA) is 61.9 Å². The predicted molar refractivity (Wildman–Crippen MR) is 74.7 cm³/mol. The molecule has 2 aliphatic rings. The standard InChI is InChI=1S/C12H25N3O3S/c1-19(16,17)15-8-6-14(7-9-15)5-4-13-12-2-10-18-11-3-12/h12-13H,2-11H2,1H3. The smallest absolute Gasteiger partial charge is 0.211 e. The van der Waals surface area contributed by atoms with E-state index in [1.54, 1.807) is 4.31 Å². The molecule has 2 rings (SSSR count). The molecule has 2 saturated heterocycles. The molecule has 112 valence electrons. The summed E-state index contributed by atoms with van der Waals surface area (Å²) in [6.07, 6.45) is 3.49. The van der Waals surface area contributed by atoms with Crippen LogP contribution < -0.4 is 5.32 Å². The summed E-state index contributed by atoms with van der Waals surface area (Å²) in [5, 5.41) is 3.56. The predicted octanol–water partition coefficient (Wildman–Crippen LogP) is -0.668. The molecule has 0 aliphatic carbocycles. The molecule has 0 bridgehead atoms. The minimum absolute atomic E-state index is 0.589. The lowest BCUT2D eigenvalue weighted by molar-refractivity contribution is 0.0767. The number of nitrogens with one attached hydrogen (secondary N) is 1. The first kappa shape index (κ1) is 15.2. The highest BCUT2D eigenvalue weighted by Gasteiger charge is 2.23. The molecule has 0 atom stereocenters. The molecule has 2 aliphatic heterocycles. The van der Waals surface area contributed by atoms with Gasteiger partial charge in [-0.3, -0.25) is 4.90 Å². The Bertz CT molecular complexity index is 360. The van der Waals surface area contributed by atoms with E-state index in [9.17, 15) is 8.42 Å². The van der Waals surface area contributed by atoms with Crippen molar-refractivity contribution in [3.05, 3.63) is 0 Å². The van der Waals surface area contributed by atoms with Crippen molar-refractivity contribution >= 4 is 10.0 Å². The summed E-state index contributed by atoms with van der Waals surface area (Å²) in [5.41, 5.74) is 0. The largest absolute Gasteiger partial charge is 0.381 e. The van der Waals surface area contributed by atoms with E-state index in [0.29, 0.717) is 19.1 Å². The maximum absolute atomic E-state index is 11.4. The Labute approximate surface area is 116 Å². The lowest BCUT2D eigenvalue weighted by atomic mass is 10.1. The van der Waals surface area contributed by atoms with E-state index < -0.39 is 10.0 Å². The molecule has 1 N–H and O–H groups in total. The monoisotopic (exact) mass is 291 g/mol. The first-order chi connectivity index (χ1) is 9.05. The van der Waals surface area contributed by atoms with E-state index in [-0.39, 0.29) is 0 Å². The van der Waals surface area contributed by atoms with Crippen LogP contribution >= 0.6 is 0 Å². The van der Waals surface area contributed by atoms with E-state index in [2.05, 4.69) is 10.2 Å². The minimum Gasteiger partial charge on any atom is -0.381 e. The van der Waals surface area contributed by atoms with E-state index in [1.165, 1.54) is 6.26 Å². The van der Waals surface area contributed by atoms with Gasteiger partial charge in [0.05, 0.1) is 6.26 Å². The van der Waals surface area contributed by atoms with E-state index in [4.69, 9.17) is 4.74 Å². The molecular weight excluding hydrogens is 266 g/mol. The first-order valence-corrected chi connectivity index (χ1v) is 8.89. The van der Waals surface area contributed by atoms with Crippen LogP contribution in [0, 0.1) is 0 Å². The second-order valence-corrected chi connectivity index (χ2v) is 7.33. The number of hydrogen-bond donors (Lipinski definition) is 1. The lowest BCUT2D eigenvalue weighted by Crippen LogP contribution is -2.50. The van der Waals surface area contributed by atoms with E-state index in [1.807, 2.05) is 0 Å². The maximum atomic E-state index is 11.4. The van der Waals surface area contributed by atoms with E-state index >= 15 is 0 Å². The molecule has 19 heavy (non-hydrogen) atoms. The Kier molecular flexibility index (Phi) is 5.58. The third kappa shape index (κ3) is 5.00. The molecule has 2 fully saturated rings. The minimum atomic E-state index is -3.01.